The molecule has 0 radical (unpaired) electrons. The van der Waals surface area contributed by atoms with Crippen molar-refractivity contribution in [1.29, 1.82) is 0 Å². The van der Waals surface area contributed by atoms with E-state index in [-0.39, 0.29) is 0 Å². The Morgan fingerprint density at radius 2 is 0.750 bits per heavy atom. The largest absolute Gasteiger partial charge is 0.481 e. The molecular weight excluding hydrogens is 152 g/mol. The Labute approximate surface area is 79.0 Å². The van der Waals surface area contributed by atoms with Crippen molar-refractivity contribution >= 4 is 5.97 Å². The van der Waals surface area contributed by atoms with Crippen LogP contribution in [-0.2, 0) is 4.79 Å². The molecule has 0 aliphatic heterocycles. The molecule has 0 amide bonds. The first-order chi connectivity index (χ1) is 5.73. The quantitative estimate of drug-likeness (QED) is 0.606. The van der Waals surface area contributed by atoms with Crippen molar-refractivity contribution in [2.45, 2.75) is 62.3 Å². The monoisotopic (exact) mass is 180 g/mol. The van der Waals surface area contributed by atoms with Gasteiger partial charge in [0.15, 0.2) is 0 Å². The Kier molecular flexibility index (Phi) is 385. The van der Waals surface area contributed by atoms with Gasteiger partial charge in [0.1, 0.15) is 0 Å². The van der Waals surface area contributed by atoms with E-state index in [1.54, 1.807) is 0 Å². The van der Waals surface area contributed by atoms with Crippen LogP contribution in [0.5, 0.6) is 0 Å². The molecule has 12 heavy (non-hydrogen) atoms. The summed E-state index contributed by atoms with van der Waals surface area (Å²) < 4.78 is 0. The van der Waals surface area contributed by atoms with Gasteiger partial charge in [-0.1, -0.05) is 55.4 Å². The third kappa shape index (κ3) is 2420. The van der Waals surface area contributed by atoms with Crippen molar-refractivity contribution in [3.05, 3.63) is 0 Å². The summed E-state index contributed by atoms with van der Waals surface area (Å²) in [6.07, 6.45) is 0. The maximum absolute atomic E-state index is 9.00. The highest BCUT2D eigenvalue weighted by atomic mass is 16.4. The molecule has 0 rings (SSSR count). The Morgan fingerprint density at radius 1 is 0.750 bits per heavy atom. The van der Waals surface area contributed by atoms with E-state index >= 15 is 0 Å². The summed E-state index contributed by atoms with van der Waals surface area (Å²) >= 11 is 0. The molecular formula is C10H28O2. The summed E-state index contributed by atoms with van der Waals surface area (Å²) in [5.74, 6) is -0.833. The van der Waals surface area contributed by atoms with Crippen LogP contribution in [0.3, 0.4) is 0 Å². The summed E-state index contributed by atoms with van der Waals surface area (Å²) in [5, 5.41) is 7.42. The van der Waals surface area contributed by atoms with Gasteiger partial charge in [-0.15, -0.1) is 0 Å². The molecule has 2 nitrogen and oxygen atoms in total. The van der Waals surface area contributed by atoms with E-state index in [0.29, 0.717) is 0 Å². The number of aliphatic carboxylic acids is 1. The van der Waals surface area contributed by atoms with Crippen molar-refractivity contribution in [1.82, 2.24) is 0 Å². The second-order valence-corrected chi connectivity index (χ2v) is 0.519. The highest BCUT2D eigenvalue weighted by Crippen LogP contribution is 1.42. The van der Waals surface area contributed by atoms with Gasteiger partial charge in [0.05, 0.1) is 0 Å². The molecule has 0 heterocycles. The van der Waals surface area contributed by atoms with E-state index < -0.39 is 5.97 Å². The molecule has 2 heteroatoms. The van der Waals surface area contributed by atoms with E-state index in [0.717, 1.165) is 6.92 Å². The molecule has 0 fully saturated rings. The molecule has 0 bridgehead atoms. The predicted molar refractivity (Wildman–Crippen MR) is 58.7 cm³/mol. The SMILES string of the molecule is CC.CC.CC.CC.CC(=O)O. The van der Waals surface area contributed by atoms with Crippen molar-refractivity contribution in [2.24, 2.45) is 0 Å². The molecule has 0 aromatic rings. The predicted octanol–water partition coefficient (Wildman–Crippen LogP) is 4.20. The van der Waals surface area contributed by atoms with Crippen LogP contribution in [0.4, 0.5) is 0 Å². The Morgan fingerprint density at radius 3 is 0.750 bits per heavy atom. The summed E-state index contributed by atoms with van der Waals surface area (Å²) in [5.41, 5.74) is 0. The molecule has 0 unspecified atom stereocenters. The lowest BCUT2D eigenvalue weighted by atomic mass is 10.9. The normalized spacial score (nSPS) is 4.08. The average molecular weight is 180 g/mol. The molecule has 0 spiro atoms. The van der Waals surface area contributed by atoms with E-state index in [1.807, 2.05) is 55.4 Å². The molecule has 0 atom stereocenters. The highest BCUT2D eigenvalue weighted by molar-refractivity contribution is 5.62. The lowest BCUT2D eigenvalue weighted by Crippen LogP contribution is -1.78. The summed E-state index contributed by atoms with van der Waals surface area (Å²) in [6, 6.07) is 0. The Bertz CT molecular complexity index is 30.8. The van der Waals surface area contributed by atoms with Crippen LogP contribution in [0.25, 0.3) is 0 Å². The smallest absolute Gasteiger partial charge is 0.300 e. The van der Waals surface area contributed by atoms with Crippen molar-refractivity contribution in [2.75, 3.05) is 0 Å². The minimum atomic E-state index is -0.833. The maximum atomic E-state index is 9.00. The zero-order chi connectivity index (χ0) is 11.6. The van der Waals surface area contributed by atoms with Crippen LogP contribution in [0.2, 0.25) is 0 Å². The third-order valence-corrected chi connectivity index (χ3v) is 0. The Hall–Kier alpha value is -0.530. The van der Waals surface area contributed by atoms with Crippen LogP contribution in [-0.4, -0.2) is 11.1 Å². The minimum absolute atomic E-state index is 0.833. The third-order valence-electron chi connectivity index (χ3n) is 0. The molecule has 1 N–H and O–H groups in total. The maximum Gasteiger partial charge on any atom is 0.300 e. The van der Waals surface area contributed by atoms with Gasteiger partial charge in [-0.3, -0.25) is 4.79 Å². The fourth-order valence-corrected chi connectivity index (χ4v) is 0. The fourth-order valence-electron chi connectivity index (χ4n) is 0. The summed E-state index contributed by atoms with van der Waals surface area (Å²) in [4.78, 5) is 9.00. The standard InChI is InChI=1S/C2H4O2.4C2H6/c1-2(3)4;4*1-2/h1H3,(H,3,4);4*1-2H3. The van der Waals surface area contributed by atoms with E-state index in [9.17, 15) is 0 Å². The number of carbonyl (C=O) groups is 1. The van der Waals surface area contributed by atoms with Gasteiger partial charge >= 0.3 is 0 Å². The first kappa shape index (κ1) is 30.0. The van der Waals surface area contributed by atoms with Gasteiger partial charge in [0.2, 0.25) is 0 Å². The van der Waals surface area contributed by atoms with Gasteiger partial charge in [-0.25, -0.2) is 0 Å². The summed E-state index contributed by atoms with van der Waals surface area (Å²) in [6.45, 7) is 17.1. The van der Waals surface area contributed by atoms with Crippen LogP contribution in [0, 0.1) is 0 Å². The molecule has 0 saturated heterocycles. The number of hydrogen-bond donors (Lipinski definition) is 1. The van der Waals surface area contributed by atoms with Crippen molar-refractivity contribution < 1.29 is 9.90 Å². The zero-order valence-electron chi connectivity index (χ0n) is 10.4. The topological polar surface area (TPSA) is 37.3 Å². The first-order valence-electron chi connectivity index (χ1n) is 4.93. The number of carboxylic acids is 1. The second-order valence-electron chi connectivity index (χ2n) is 0.519. The molecule has 0 aromatic carbocycles. The zero-order valence-corrected chi connectivity index (χ0v) is 10.4. The fraction of sp³-hybridized carbons (Fsp3) is 0.900. The van der Waals surface area contributed by atoms with Gasteiger partial charge in [-0.05, 0) is 0 Å². The van der Waals surface area contributed by atoms with Crippen LogP contribution < -0.4 is 0 Å². The molecule has 0 aliphatic carbocycles. The number of carboxylic acid groups (broad SMARTS) is 1. The molecule has 0 saturated carbocycles. The second kappa shape index (κ2) is 154. The lowest BCUT2D eigenvalue weighted by molar-refractivity contribution is -0.134. The molecule has 0 aliphatic rings. The van der Waals surface area contributed by atoms with E-state index in [4.69, 9.17) is 9.90 Å². The van der Waals surface area contributed by atoms with Gasteiger partial charge in [-0.2, -0.15) is 0 Å². The van der Waals surface area contributed by atoms with Gasteiger partial charge in [0.25, 0.3) is 5.97 Å². The van der Waals surface area contributed by atoms with Gasteiger partial charge < -0.3 is 5.11 Å². The van der Waals surface area contributed by atoms with E-state index in [2.05, 4.69) is 0 Å². The molecule has 0 aromatic heterocycles. The number of rotatable bonds is 0. The van der Waals surface area contributed by atoms with Crippen LogP contribution in [0.1, 0.15) is 62.3 Å². The van der Waals surface area contributed by atoms with Gasteiger partial charge in [0, 0.05) is 6.92 Å². The van der Waals surface area contributed by atoms with Crippen LogP contribution >= 0.6 is 0 Å². The van der Waals surface area contributed by atoms with Crippen molar-refractivity contribution in [3.8, 4) is 0 Å². The Balaban J connectivity index is -0.0000000181. The first-order valence-corrected chi connectivity index (χ1v) is 4.93. The minimum Gasteiger partial charge on any atom is -0.481 e. The van der Waals surface area contributed by atoms with Crippen LogP contribution in [0.15, 0.2) is 0 Å². The highest BCUT2D eigenvalue weighted by Gasteiger charge is 1.65. The average Bonchev–Trinajstić information content (AvgIpc) is 2.16. The molecule has 80 valence electrons. The van der Waals surface area contributed by atoms with E-state index in [1.165, 1.54) is 0 Å². The lowest BCUT2D eigenvalue weighted by Gasteiger charge is -1.59. The van der Waals surface area contributed by atoms with Crippen molar-refractivity contribution in [3.63, 3.8) is 0 Å². The summed E-state index contributed by atoms with van der Waals surface area (Å²) in [7, 11) is 0. The number of hydrogen-bond acceptors (Lipinski definition) is 1.